The van der Waals surface area contributed by atoms with Crippen LogP contribution >= 0.6 is 0 Å². The molecule has 2 aliphatic carbocycles. The molecule has 4 N–H and O–H groups in total. The third-order valence-electron chi connectivity index (χ3n) is 6.76. The Bertz CT molecular complexity index is 1060. The first-order chi connectivity index (χ1) is 14.4. The smallest absolute Gasteiger partial charge is 0.153 e. The number of nitrogens with zero attached hydrogens (tertiary/aromatic N) is 3. The number of hydrogen-bond acceptors (Lipinski definition) is 6. The van der Waals surface area contributed by atoms with Crippen LogP contribution in [0, 0.1) is 24.7 Å². The molecule has 0 aromatic carbocycles. The van der Waals surface area contributed by atoms with Crippen molar-refractivity contribution < 1.29 is 5.11 Å². The second-order valence-corrected chi connectivity index (χ2v) is 9.64. The molecule has 0 radical (unpaired) electrons. The second-order valence-electron chi connectivity index (χ2n) is 9.64. The minimum atomic E-state index is -0.564. The van der Waals surface area contributed by atoms with Gasteiger partial charge in [-0.25, -0.2) is 4.98 Å². The number of fused-ring (bicyclic) bond motifs is 3. The highest BCUT2D eigenvalue weighted by Gasteiger charge is 2.45. The average molecular weight is 407 g/mol. The molecule has 7 nitrogen and oxygen atoms in total. The highest BCUT2D eigenvalue weighted by Crippen LogP contribution is 2.47. The largest absolute Gasteiger partial charge is 0.390 e. The summed E-state index contributed by atoms with van der Waals surface area (Å²) in [5.41, 5.74) is 1.32. The van der Waals surface area contributed by atoms with E-state index in [-0.39, 0.29) is 6.04 Å². The lowest BCUT2D eigenvalue weighted by Crippen LogP contribution is -2.50. The molecule has 3 aromatic heterocycles. The van der Waals surface area contributed by atoms with Crippen molar-refractivity contribution in [3.63, 3.8) is 0 Å². The third kappa shape index (κ3) is 3.74. The van der Waals surface area contributed by atoms with E-state index in [2.05, 4.69) is 38.8 Å². The van der Waals surface area contributed by atoms with Gasteiger partial charge in [0.15, 0.2) is 5.82 Å². The number of pyridine rings is 2. The number of aromatic nitrogens is 4. The van der Waals surface area contributed by atoms with Crippen LogP contribution < -0.4 is 10.6 Å². The van der Waals surface area contributed by atoms with E-state index in [1.165, 1.54) is 6.42 Å². The van der Waals surface area contributed by atoms with Crippen LogP contribution in [0.2, 0.25) is 0 Å². The third-order valence-corrected chi connectivity index (χ3v) is 6.76. The van der Waals surface area contributed by atoms with Crippen LogP contribution in [0.5, 0.6) is 0 Å². The number of aromatic amines is 1. The van der Waals surface area contributed by atoms with Gasteiger partial charge in [0.25, 0.3) is 0 Å². The molecule has 7 heteroatoms. The zero-order valence-electron chi connectivity index (χ0n) is 17.8. The van der Waals surface area contributed by atoms with Gasteiger partial charge in [0.05, 0.1) is 11.1 Å². The summed E-state index contributed by atoms with van der Waals surface area (Å²) in [7, 11) is 0. The fourth-order valence-electron chi connectivity index (χ4n) is 5.74. The van der Waals surface area contributed by atoms with E-state index < -0.39 is 5.60 Å². The van der Waals surface area contributed by atoms with Crippen molar-refractivity contribution in [2.75, 3.05) is 10.6 Å². The van der Waals surface area contributed by atoms with Gasteiger partial charge in [-0.05, 0) is 69.4 Å². The van der Waals surface area contributed by atoms with Crippen LogP contribution in [0.4, 0.5) is 17.5 Å². The second kappa shape index (κ2) is 7.23. The zero-order chi connectivity index (χ0) is 20.9. The number of aliphatic hydroxyl groups is 1. The van der Waals surface area contributed by atoms with Crippen LogP contribution in [-0.4, -0.2) is 36.9 Å². The quantitative estimate of drug-likeness (QED) is 0.513. The van der Waals surface area contributed by atoms with E-state index in [1.54, 1.807) is 6.20 Å². The van der Waals surface area contributed by atoms with Crippen molar-refractivity contribution in [1.29, 1.82) is 0 Å². The van der Waals surface area contributed by atoms with Crippen LogP contribution in [-0.2, 0) is 0 Å². The topological polar surface area (TPSA) is 98.8 Å². The van der Waals surface area contributed by atoms with Crippen LogP contribution in [0.25, 0.3) is 10.9 Å². The molecule has 158 valence electrons. The van der Waals surface area contributed by atoms with Gasteiger partial charge in [0.2, 0.25) is 0 Å². The van der Waals surface area contributed by atoms with Crippen molar-refractivity contribution >= 4 is 28.4 Å². The Kier molecular flexibility index (Phi) is 4.65. The van der Waals surface area contributed by atoms with Gasteiger partial charge >= 0.3 is 0 Å². The standard InChI is InChI=1S/C23H30N6O/c1-13-7-15-9-16(12-23(3,30)11-15)21(13)27-22-17-5-4-6-24-18(17)10-19(26-22)25-20-8-14(2)28-29-20/h4-6,8,10,13,15-16,21,30H,7,9,11-12H2,1-3H3,(H3,25,26,27,28,29). The summed E-state index contributed by atoms with van der Waals surface area (Å²) in [5.74, 6) is 3.89. The predicted octanol–water partition coefficient (Wildman–Crippen LogP) is 4.39. The highest BCUT2D eigenvalue weighted by atomic mass is 16.3. The summed E-state index contributed by atoms with van der Waals surface area (Å²) < 4.78 is 0. The van der Waals surface area contributed by atoms with E-state index in [0.29, 0.717) is 23.6 Å². The van der Waals surface area contributed by atoms with Crippen LogP contribution in [0.3, 0.4) is 0 Å². The van der Waals surface area contributed by atoms with Crippen LogP contribution in [0.15, 0.2) is 30.5 Å². The molecule has 0 aliphatic heterocycles. The zero-order valence-corrected chi connectivity index (χ0v) is 17.8. The fraction of sp³-hybridized carbons (Fsp3) is 0.522. The van der Waals surface area contributed by atoms with Crippen molar-refractivity contribution in [1.82, 2.24) is 20.2 Å². The lowest BCUT2D eigenvalue weighted by atomic mass is 9.61. The first kappa shape index (κ1) is 19.3. The van der Waals surface area contributed by atoms with Gasteiger partial charge in [-0.2, -0.15) is 5.10 Å². The molecule has 5 unspecified atom stereocenters. The molecule has 0 spiro atoms. The number of nitrogens with one attached hydrogen (secondary N) is 3. The Morgan fingerprint density at radius 1 is 1.20 bits per heavy atom. The van der Waals surface area contributed by atoms with Gasteiger partial charge in [0, 0.05) is 35.5 Å². The maximum atomic E-state index is 10.8. The van der Waals surface area contributed by atoms with E-state index >= 15 is 0 Å². The van der Waals surface area contributed by atoms with Gasteiger partial charge < -0.3 is 15.7 Å². The molecule has 2 saturated carbocycles. The molecule has 5 rings (SSSR count). The predicted molar refractivity (Wildman–Crippen MR) is 119 cm³/mol. The van der Waals surface area contributed by atoms with E-state index in [9.17, 15) is 5.11 Å². The Hall–Kier alpha value is -2.67. The molecule has 3 heterocycles. The summed E-state index contributed by atoms with van der Waals surface area (Å²) in [5, 5.41) is 26.0. The number of H-pyrrole nitrogens is 1. The number of aryl methyl sites for hydroxylation is 1. The average Bonchev–Trinajstić information content (AvgIpc) is 3.08. The van der Waals surface area contributed by atoms with Gasteiger partial charge in [-0.3, -0.25) is 10.1 Å². The normalized spacial score (nSPS) is 30.9. The Balaban J connectivity index is 1.48. The molecule has 2 bridgehead atoms. The lowest BCUT2D eigenvalue weighted by molar-refractivity contribution is -0.0501. The van der Waals surface area contributed by atoms with Gasteiger partial charge in [-0.1, -0.05) is 6.92 Å². The Labute approximate surface area is 176 Å². The number of rotatable bonds is 4. The van der Waals surface area contributed by atoms with E-state index in [0.717, 1.165) is 47.5 Å². The van der Waals surface area contributed by atoms with Crippen molar-refractivity contribution in [2.24, 2.45) is 17.8 Å². The molecule has 0 saturated heterocycles. The van der Waals surface area contributed by atoms with Crippen molar-refractivity contribution in [3.05, 3.63) is 36.2 Å². The number of anilines is 3. The van der Waals surface area contributed by atoms with Crippen molar-refractivity contribution in [2.45, 2.75) is 58.1 Å². The minimum Gasteiger partial charge on any atom is -0.390 e. The number of hydrogen-bond donors (Lipinski definition) is 4. The summed E-state index contributed by atoms with van der Waals surface area (Å²) in [4.78, 5) is 9.46. The summed E-state index contributed by atoms with van der Waals surface area (Å²) in [6.07, 6.45) is 5.89. The van der Waals surface area contributed by atoms with Gasteiger partial charge in [-0.15, -0.1) is 0 Å². The maximum absolute atomic E-state index is 10.8. The summed E-state index contributed by atoms with van der Waals surface area (Å²) in [6.45, 7) is 6.29. The molecule has 2 fully saturated rings. The Morgan fingerprint density at radius 3 is 2.87 bits per heavy atom. The summed E-state index contributed by atoms with van der Waals surface area (Å²) in [6, 6.07) is 8.20. The molecular weight excluding hydrogens is 376 g/mol. The molecule has 3 aromatic rings. The molecular formula is C23H30N6O. The molecule has 2 aliphatic rings. The Morgan fingerprint density at radius 2 is 2.07 bits per heavy atom. The van der Waals surface area contributed by atoms with Gasteiger partial charge in [0.1, 0.15) is 11.6 Å². The first-order valence-corrected chi connectivity index (χ1v) is 10.9. The van der Waals surface area contributed by atoms with Crippen molar-refractivity contribution in [3.8, 4) is 0 Å². The molecule has 0 amide bonds. The van der Waals surface area contributed by atoms with Crippen LogP contribution in [0.1, 0.15) is 45.2 Å². The first-order valence-electron chi connectivity index (χ1n) is 10.9. The monoisotopic (exact) mass is 406 g/mol. The van der Waals surface area contributed by atoms with E-state index in [4.69, 9.17) is 4.98 Å². The maximum Gasteiger partial charge on any atom is 0.153 e. The molecule has 30 heavy (non-hydrogen) atoms. The highest BCUT2D eigenvalue weighted by molar-refractivity contribution is 5.91. The molecule has 5 atom stereocenters. The fourth-order valence-corrected chi connectivity index (χ4v) is 5.74. The minimum absolute atomic E-state index is 0.284. The summed E-state index contributed by atoms with van der Waals surface area (Å²) >= 11 is 0. The van der Waals surface area contributed by atoms with E-state index in [1.807, 2.05) is 32.0 Å². The SMILES string of the molecule is Cc1cc(Nc2cc3ncccc3c(NC3C(C)CC4CC3CC(C)(O)C4)n2)n[nH]1. The lowest BCUT2D eigenvalue weighted by Gasteiger charge is -2.49.